The van der Waals surface area contributed by atoms with Crippen LogP contribution in [0.1, 0.15) is 20.7 Å². The van der Waals surface area contributed by atoms with Gasteiger partial charge in [0.1, 0.15) is 4.90 Å². The van der Waals surface area contributed by atoms with Crippen molar-refractivity contribution in [1.82, 2.24) is 0 Å². The lowest BCUT2D eigenvalue weighted by Crippen LogP contribution is -2.16. The molecule has 10 heteroatoms. The molecule has 0 atom stereocenters. The van der Waals surface area contributed by atoms with Crippen LogP contribution >= 0.6 is 34.8 Å². The summed E-state index contributed by atoms with van der Waals surface area (Å²) in [6.07, 6.45) is 0. The minimum atomic E-state index is -4.11. The summed E-state index contributed by atoms with van der Waals surface area (Å²) in [6, 6.07) is 7.65. The zero-order chi connectivity index (χ0) is 18.8. The molecule has 6 nitrogen and oxygen atoms in total. The number of benzene rings is 2. The maximum absolute atomic E-state index is 12.0. The summed E-state index contributed by atoms with van der Waals surface area (Å²) in [7, 11) is -4.11. The molecule has 2 aromatic rings. The fourth-order valence-electron chi connectivity index (χ4n) is 1.82. The van der Waals surface area contributed by atoms with Crippen LogP contribution in [-0.4, -0.2) is 26.8 Å². The van der Waals surface area contributed by atoms with Crippen LogP contribution in [0.25, 0.3) is 0 Å². The number of primary sulfonamides is 1. The smallest absolute Gasteiger partial charge is 0.338 e. The molecule has 2 rings (SSSR count). The number of nitrogens with two attached hydrogens (primary N) is 1. The summed E-state index contributed by atoms with van der Waals surface area (Å²) in [4.78, 5) is 23.6. The van der Waals surface area contributed by atoms with Gasteiger partial charge in [0, 0.05) is 5.56 Å². The Morgan fingerprint density at radius 2 is 1.52 bits per heavy atom. The van der Waals surface area contributed by atoms with E-state index in [2.05, 4.69) is 0 Å². The first-order valence-electron chi connectivity index (χ1n) is 6.57. The van der Waals surface area contributed by atoms with Crippen LogP contribution in [0.3, 0.4) is 0 Å². The second-order valence-corrected chi connectivity index (χ2v) is 7.57. The molecule has 0 saturated heterocycles. The summed E-state index contributed by atoms with van der Waals surface area (Å²) in [6.45, 7) is -0.565. The van der Waals surface area contributed by atoms with Crippen LogP contribution in [0, 0.1) is 0 Å². The van der Waals surface area contributed by atoms with E-state index in [0.717, 1.165) is 6.07 Å². The molecule has 0 unspecified atom stereocenters. The standard InChI is InChI=1S/C15H10Cl3NO5S/c16-10-3-1-8(5-12(10)18)13(20)7-24-15(21)9-2-4-11(17)14(6-9)25(19,22)23/h1-6H,7H2,(H2,19,22,23). The van der Waals surface area contributed by atoms with Crippen molar-refractivity contribution in [1.29, 1.82) is 0 Å². The Morgan fingerprint density at radius 1 is 0.920 bits per heavy atom. The molecule has 132 valence electrons. The van der Waals surface area contributed by atoms with Gasteiger partial charge in [-0.15, -0.1) is 0 Å². The SMILES string of the molecule is NS(=O)(=O)c1cc(C(=O)OCC(=O)c2ccc(Cl)c(Cl)c2)ccc1Cl. The average Bonchev–Trinajstić information content (AvgIpc) is 2.54. The summed E-state index contributed by atoms with van der Waals surface area (Å²) in [5, 5.41) is 5.35. The molecule has 25 heavy (non-hydrogen) atoms. The first kappa shape index (κ1) is 19.7. The van der Waals surface area contributed by atoms with E-state index in [-0.39, 0.29) is 26.2 Å². The Hall–Kier alpha value is -1.64. The molecule has 0 amide bonds. The van der Waals surface area contributed by atoms with Gasteiger partial charge in [-0.3, -0.25) is 4.79 Å². The Labute approximate surface area is 158 Å². The van der Waals surface area contributed by atoms with Crippen LogP contribution in [0.4, 0.5) is 0 Å². The van der Waals surface area contributed by atoms with Crippen LogP contribution in [-0.2, 0) is 14.8 Å². The van der Waals surface area contributed by atoms with Gasteiger partial charge >= 0.3 is 5.97 Å². The number of rotatable bonds is 5. The molecule has 0 spiro atoms. The number of carbonyl (C=O) groups is 2. The molecule has 0 bridgehead atoms. The topological polar surface area (TPSA) is 104 Å². The zero-order valence-corrected chi connectivity index (χ0v) is 15.4. The molecular weight excluding hydrogens is 413 g/mol. The van der Waals surface area contributed by atoms with Gasteiger partial charge in [-0.2, -0.15) is 0 Å². The van der Waals surface area contributed by atoms with E-state index in [1.807, 2.05) is 0 Å². The molecule has 0 aliphatic rings. The largest absolute Gasteiger partial charge is 0.454 e. The third kappa shape index (κ3) is 4.93. The second kappa shape index (κ2) is 7.72. The first-order valence-corrected chi connectivity index (χ1v) is 9.25. The predicted molar refractivity (Wildman–Crippen MR) is 93.9 cm³/mol. The van der Waals surface area contributed by atoms with Gasteiger partial charge in [-0.05, 0) is 36.4 Å². The molecule has 0 fully saturated rings. The fourth-order valence-corrected chi connectivity index (χ4v) is 3.19. The highest BCUT2D eigenvalue weighted by Gasteiger charge is 2.18. The van der Waals surface area contributed by atoms with Crippen LogP contribution < -0.4 is 5.14 Å². The Bertz CT molecular complexity index is 960. The lowest BCUT2D eigenvalue weighted by molar-refractivity contribution is 0.0474. The number of Topliss-reactive ketones (excluding diaryl/α,β-unsaturated/α-hetero) is 1. The van der Waals surface area contributed by atoms with Gasteiger partial charge < -0.3 is 4.74 Å². The molecular formula is C15H10Cl3NO5S. The maximum Gasteiger partial charge on any atom is 0.338 e. The van der Waals surface area contributed by atoms with E-state index in [4.69, 9.17) is 44.7 Å². The number of hydrogen-bond acceptors (Lipinski definition) is 5. The van der Waals surface area contributed by atoms with Crippen molar-refractivity contribution >= 4 is 56.6 Å². The number of halogens is 3. The number of carbonyl (C=O) groups excluding carboxylic acids is 2. The van der Waals surface area contributed by atoms with Crippen molar-refractivity contribution in [3.63, 3.8) is 0 Å². The van der Waals surface area contributed by atoms with E-state index >= 15 is 0 Å². The zero-order valence-electron chi connectivity index (χ0n) is 12.3. The molecule has 0 aromatic heterocycles. The quantitative estimate of drug-likeness (QED) is 0.588. The summed E-state index contributed by atoms with van der Waals surface area (Å²) >= 11 is 17.3. The summed E-state index contributed by atoms with van der Waals surface area (Å²) in [5.41, 5.74) is 0.0962. The molecule has 2 aromatic carbocycles. The van der Waals surface area contributed by atoms with Crippen LogP contribution in [0.2, 0.25) is 15.1 Å². The number of sulfonamides is 1. The highest BCUT2D eigenvalue weighted by atomic mass is 35.5. The van der Waals surface area contributed by atoms with Crippen LogP contribution in [0.15, 0.2) is 41.3 Å². The third-order valence-corrected chi connectivity index (χ3v) is 5.18. The van der Waals surface area contributed by atoms with Gasteiger partial charge in [0.25, 0.3) is 0 Å². The molecule has 0 saturated carbocycles. The van der Waals surface area contributed by atoms with E-state index in [1.165, 1.54) is 30.3 Å². The molecule has 0 aliphatic heterocycles. The van der Waals surface area contributed by atoms with E-state index in [0.29, 0.717) is 0 Å². The number of ether oxygens (including phenoxy) is 1. The van der Waals surface area contributed by atoms with E-state index in [9.17, 15) is 18.0 Å². The highest BCUT2D eigenvalue weighted by Crippen LogP contribution is 2.23. The van der Waals surface area contributed by atoms with Crippen molar-refractivity contribution in [2.24, 2.45) is 5.14 Å². The van der Waals surface area contributed by atoms with E-state index in [1.54, 1.807) is 0 Å². The van der Waals surface area contributed by atoms with Crippen molar-refractivity contribution in [3.05, 3.63) is 62.6 Å². The van der Waals surface area contributed by atoms with Gasteiger partial charge in [-0.1, -0.05) is 34.8 Å². The molecule has 0 heterocycles. The average molecular weight is 423 g/mol. The lowest BCUT2D eigenvalue weighted by atomic mass is 10.1. The Balaban J connectivity index is 2.12. The number of esters is 1. The second-order valence-electron chi connectivity index (χ2n) is 4.82. The number of ketones is 1. The summed E-state index contributed by atoms with van der Waals surface area (Å²) in [5.74, 6) is -1.41. The van der Waals surface area contributed by atoms with Crippen molar-refractivity contribution in [2.45, 2.75) is 4.90 Å². The normalized spacial score (nSPS) is 11.2. The minimum absolute atomic E-state index is 0.115. The van der Waals surface area contributed by atoms with Gasteiger partial charge in [0.15, 0.2) is 12.4 Å². The van der Waals surface area contributed by atoms with Crippen molar-refractivity contribution in [2.75, 3.05) is 6.61 Å². The summed E-state index contributed by atoms with van der Waals surface area (Å²) < 4.78 is 27.7. The fraction of sp³-hybridized carbons (Fsp3) is 0.0667. The molecule has 2 N–H and O–H groups in total. The van der Waals surface area contributed by atoms with Gasteiger partial charge in [0.2, 0.25) is 10.0 Å². The highest BCUT2D eigenvalue weighted by molar-refractivity contribution is 7.89. The van der Waals surface area contributed by atoms with Crippen molar-refractivity contribution in [3.8, 4) is 0 Å². The lowest BCUT2D eigenvalue weighted by Gasteiger charge is -2.07. The van der Waals surface area contributed by atoms with E-state index < -0.39 is 33.3 Å². The third-order valence-electron chi connectivity index (χ3n) is 3.05. The molecule has 0 radical (unpaired) electrons. The van der Waals surface area contributed by atoms with Crippen molar-refractivity contribution < 1.29 is 22.7 Å². The Kier molecular flexibility index (Phi) is 6.08. The predicted octanol–water partition coefficient (Wildman–Crippen LogP) is 3.33. The number of hydrogen-bond donors (Lipinski definition) is 1. The Morgan fingerprint density at radius 3 is 2.12 bits per heavy atom. The minimum Gasteiger partial charge on any atom is -0.454 e. The first-order chi connectivity index (χ1) is 11.6. The molecule has 0 aliphatic carbocycles. The van der Waals surface area contributed by atoms with Gasteiger partial charge in [0.05, 0.1) is 20.6 Å². The maximum atomic E-state index is 12.0. The van der Waals surface area contributed by atoms with Crippen LogP contribution in [0.5, 0.6) is 0 Å². The monoisotopic (exact) mass is 421 g/mol. The van der Waals surface area contributed by atoms with Gasteiger partial charge in [-0.25, -0.2) is 18.4 Å².